The van der Waals surface area contributed by atoms with Gasteiger partial charge in [-0.3, -0.25) is 4.79 Å². The molecule has 1 saturated carbocycles. The van der Waals surface area contributed by atoms with Crippen molar-refractivity contribution in [3.8, 4) is 0 Å². The van der Waals surface area contributed by atoms with Crippen LogP contribution in [-0.2, 0) is 21.2 Å². The third-order valence-electron chi connectivity index (χ3n) is 5.89. The molecule has 1 aromatic heterocycles. The molecule has 0 radical (unpaired) electrons. The molecule has 25 heavy (non-hydrogen) atoms. The number of nitrogens with two attached hydrogens (primary N) is 1. The number of nitrogens with zero attached hydrogens (tertiary/aromatic N) is 2. The molecule has 0 spiro atoms. The second-order valence-corrected chi connectivity index (χ2v) is 10.8. The van der Waals surface area contributed by atoms with E-state index in [-0.39, 0.29) is 18.4 Å². The van der Waals surface area contributed by atoms with Crippen LogP contribution in [0.2, 0.25) is 0 Å². The van der Waals surface area contributed by atoms with Gasteiger partial charge in [0, 0.05) is 37.1 Å². The fraction of sp³-hybridized carbons (Fsp3) is 0.706. The number of carbonyl (C=O) groups is 1. The molecule has 3 unspecified atom stereocenters. The lowest BCUT2D eigenvalue weighted by atomic mass is 9.98. The van der Waals surface area contributed by atoms with Gasteiger partial charge in [0.1, 0.15) is 4.21 Å². The molecule has 3 fully saturated rings. The van der Waals surface area contributed by atoms with E-state index in [1.54, 1.807) is 16.4 Å². The topological polar surface area (TPSA) is 83.7 Å². The van der Waals surface area contributed by atoms with Gasteiger partial charge in [-0.2, -0.15) is 4.31 Å². The SMILES string of the molecule is NC1CCC2CN(C(=O)Cc3ccc(S(=O)(=O)N4CCCC4)s3)CC12. The summed E-state index contributed by atoms with van der Waals surface area (Å²) in [5.41, 5.74) is 6.14. The molecule has 4 rings (SSSR count). The number of hydrogen-bond donors (Lipinski definition) is 1. The molecule has 1 aliphatic carbocycles. The predicted octanol–water partition coefficient (Wildman–Crippen LogP) is 1.27. The van der Waals surface area contributed by atoms with Crippen LogP contribution in [0.25, 0.3) is 0 Å². The molecular weight excluding hydrogens is 358 g/mol. The quantitative estimate of drug-likeness (QED) is 0.849. The van der Waals surface area contributed by atoms with Gasteiger partial charge in [-0.25, -0.2) is 8.42 Å². The Kier molecular flexibility index (Phi) is 4.64. The van der Waals surface area contributed by atoms with Gasteiger partial charge in [0.25, 0.3) is 10.0 Å². The summed E-state index contributed by atoms with van der Waals surface area (Å²) < 4.78 is 27.1. The van der Waals surface area contributed by atoms with Crippen LogP contribution >= 0.6 is 11.3 Å². The average Bonchev–Trinajstić information content (AvgIpc) is 3.34. The Morgan fingerprint density at radius 1 is 1.20 bits per heavy atom. The second kappa shape index (κ2) is 6.64. The van der Waals surface area contributed by atoms with Crippen molar-refractivity contribution in [3.05, 3.63) is 17.0 Å². The highest BCUT2D eigenvalue weighted by Crippen LogP contribution is 2.37. The Morgan fingerprint density at radius 3 is 2.68 bits per heavy atom. The monoisotopic (exact) mass is 383 g/mol. The molecule has 8 heteroatoms. The molecule has 138 valence electrons. The molecule has 0 bridgehead atoms. The van der Waals surface area contributed by atoms with Crippen molar-refractivity contribution in [3.63, 3.8) is 0 Å². The molecule has 3 aliphatic rings. The van der Waals surface area contributed by atoms with Crippen molar-refractivity contribution >= 4 is 27.3 Å². The fourth-order valence-electron chi connectivity index (χ4n) is 4.42. The van der Waals surface area contributed by atoms with Gasteiger partial charge in [0.05, 0.1) is 6.42 Å². The number of amides is 1. The maximum absolute atomic E-state index is 12.6. The molecule has 3 atom stereocenters. The van der Waals surface area contributed by atoms with E-state index in [1.807, 2.05) is 4.90 Å². The van der Waals surface area contributed by atoms with Gasteiger partial charge in [0.2, 0.25) is 5.91 Å². The van der Waals surface area contributed by atoms with Crippen molar-refractivity contribution < 1.29 is 13.2 Å². The minimum absolute atomic E-state index is 0.0913. The molecule has 1 amide bonds. The summed E-state index contributed by atoms with van der Waals surface area (Å²) >= 11 is 1.23. The van der Waals surface area contributed by atoms with Crippen LogP contribution in [0.4, 0.5) is 0 Å². The van der Waals surface area contributed by atoms with E-state index >= 15 is 0 Å². The van der Waals surface area contributed by atoms with Crippen LogP contribution in [0, 0.1) is 11.8 Å². The van der Waals surface area contributed by atoms with E-state index in [0.717, 1.165) is 43.6 Å². The number of likely N-dealkylation sites (tertiary alicyclic amines) is 1. The van der Waals surface area contributed by atoms with Crippen molar-refractivity contribution in [2.75, 3.05) is 26.2 Å². The summed E-state index contributed by atoms with van der Waals surface area (Å²) in [7, 11) is -3.38. The van der Waals surface area contributed by atoms with Crippen molar-refractivity contribution in [1.82, 2.24) is 9.21 Å². The zero-order chi connectivity index (χ0) is 17.6. The number of hydrogen-bond acceptors (Lipinski definition) is 5. The molecule has 2 N–H and O–H groups in total. The van der Waals surface area contributed by atoms with E-state index in [9.17, 15) is 13.2 Å². The summed E-state index contributed by atoms with van der Waals surface area (Å²) in [6.07, 6.45) is 4.33. The van der Waals surface area contributed by atoms with Crippen molar-refractivity contribution in [1.29, 1.82) is 0 Å². The van der Waals surface area contributed by atoms with Crippen LogP contribution < -0.4 is 5.73 Å². The summed E-state index contributed by atoms with van der Waals surface area (Å²) in [6, 6.07) is 3.66. The third-order valence-corrected chi connectivity index (χ3v) is 9.34. The van der Waals surface area contributed by atoms with Crippen molar-refractivity contribution in [2.45, 2.75) is 42.4 Å². The van der Waals surface area contributed by atoms with Gasteiger partial charge in [-0.05, 0) is 49.7 Å². The Balaban J connectivity index is 1.40. The van der Waals surface area contributed by atoms with Crippen molar-refractivity contribution in [2.24, 2.45) is 17.6 Å². The van der Waals surface area contributed by atoms with E-state index in [4.69, 9.17) is 5.73 Å². The smallest absolute Gasteiger partial charge is 0.252 e. The first-order valence-corrected chi connectivity index (χ1v) is 11.3. The maximum atomic E-state index is 12.6. The first-order valence-electron chi connectivity index (χ1n) is 9.07. The third kappa shape index (κ3) is 3.25. The number of thiophene rings is 1. The first kappa shape index (κ1) is 17.5. The van der Waals surface area contributed by atoms with E-state index in [2.05, 4.69) is 0 Å². The summed E-state index contributed by atoms with van der Waals surface area (Å²) in [6.45, 7) is 2.77. The molecule has 2 aliphatic heterocycles. The Hall–Kier alpha value is -0.960. The Bertz CT molecular complexity index is 755. The number of carbonyl (C=O) groups excluding carboxylic acids is 1. The minimum atomic E-state index is -3.38. The largest absolute Gasteiger partial charge is 0.342 e. The van der Waals surface area contributed by atoms with Crippen LogP contribution in [0.1, 0.15) is 30.6 Å². The normalized spacial score (nSPS) is 30.1. The van der Waals surface area contributed by atoms with Gasteiger partial charge in [-0.1, -0.05) is 0 Å². The zero-order valence-electron chi connectivity index (χ0n) is 14.3. The average molecular weight is 384 g/mol. The lowest BCUT2D eigenvalue weighted by Crippen LogP contribution is -2.34. The summed E-state index contributed by atoms with van der Waals surface area (Å²) in [5, 5.41) is 0. The van der Waals surface area contributed by atoms with E-state index in [1.165, 1.54) is 11.3 Å². The Labute approximate surface area is 153 Å². The number of sulfonamides is 1. The van der Waals surface area contributed by atoms with Gasteiger partial charge >= 0.3 is 0 Å². The van der Waals surface area contributed by atoms with Gasteiger partial charge in [0.15, 0.2) is 0 Å². The molecule has 3 heterocycles. The standard InChI is InChI=1S/C17H25N3O3S2/c18-15-5-3-12-10-19(11-14(12)15)16(21)9-13-4-6-17(24-13)25(22,23)20-7-1-2-8-20/h4,6,12,14-15H,1-3,5,7-11,18H2. The lowest BCUT2D eigenvalue weighted by Gasteiger charge is -2.18. The fourth-order valence-corrected chi connectivity index (χ4v) is 7.44. The van der Waals surface area contributed by atoms with Gasteiger partial charge < -0.3 is 10.6 Å². The highest BCUT2D eigenvalue weighted by Gasteiger charge is 2.42. The first-order chi connectivity index (χ1) is 11.9. The van der Waals surface area contributed by atoms with E-state index in [0.29, 0.717) is 29.1 Å². The zero-order valence-corrected chi connectivity index (χ0v) is 15.9. The van der Waals surface area contributed by atoms with Crippen LogP contribution in [-0.4, -0.2) is 55.8 Å². The summed E-state index contributed by atoms with van der Waals surface area (Å²) in [4.78, 5) is 15.3. The van der Waals surface area contributed by atoms with Crippen LogP contribution in [0.3, 0.4) is 0 Å². The molecule has 6 nitrogen and oxygen atoms in total. The van der Waals surface area contributed by atoms with Crippen LogP contribution in [0.15, 0.2) is 16.3 Å². The van der Waals surface area contributed by atoms with E-state index < -0.39 is 10.0 Å². The highest BCUT2D eigenvalue weighted by molar-refractivity contribution is 7.91. The number of fused-ring (bicyclic) bond motifs is 1. The molecule has 0 aromatic carbocycles. The summed E-state index contributed by atoms with van der Waals surface area (Å²) in [5.74, 6) is 1.08. The molecule has 2 saturated heterocycles. The lowest BCUT2D eigenvalue weighted by molar-refractivity contribution is -0.129. The van der Waals surface area contributed by atoms with Gasteiger partial charge in [-0.15, -0.1) is 11.3 Å². The maximum Gasteiger partial charge on any atom is 0.252 e. The Morgan fingerprint density at radius 2 is 1.96 bits per heavy atom. The van der Waals surface area contributed by atoms with Crippen LogP contribution in [0.5, 0.6) is 0 Å². The minimum Gasteiger partial charge on any atom is -0.342 e. The molecule has 1 aromatic rings. The predicted molar refractivity (Wildman–Crippen MR) is 96.8 cm³/mol. The highest BCUT2D eigenvalue weighted by atomic mass is 32.2. The second-order valence-electron chi connectivity index (χ2n) is 7.47. The number of rotatable bonds is 4. The molecular formula is C17H25N3O3S2.